The monoisotopic (exact) mass is 239 g/mol. The van der Waals surface area contributed by atoms with E-state index >= 15 is 0 Å². The van der Waals surface area contributed by atoms with Gasteiger partial charge in [-0.1, -0.05) is 25.0 Å². The minimum Gasteiger partial charge on any atom is -0.396 e. The zero-order valence-corrected chi connectivity index (χ0v) is 10.5. The lowest BCUT2D eigenvalue weighted by Gasteiger charge is -2.14. The largest absolute Gasteiger partial charge is 0.396 e. The Balaban J connectivity index is 2.16. The standard InChI is InChI=1S/C14H22FNO/c1-12(13-6-8-14(15)9-7-13)16-10-4-2-3-5-11-17/h6-9,12,16-17H,2-5,10-11H2,1H3. The summed E-state index contributed by atoms with van der Waals surface area (Å²) < 4.78 is 12.7. The molecular formula is C14H22FNO. The van der Waals surface area contributed by atoms with Crippen molar-refractivity contribution in [3.8, 4) is 0 Å². The fourth-order valence-corrected chi connectivity index (χ4v) is 1.78. The van der Waals surface area contributed by atoms with Crippen molar-refractivity contribution in [2.75, 3.05) is 13.2 Å². The predicted octanol–water partition coefficient (Wildman–Crippen LogP) is 3.03. The van der Waals surface area contributed by atoms with Crippen LogP contribution in [0.4, 0.5) is 4.39 Å². The lowest BCUT2D eigenvalue weighted by atomic mass is 10.1. The van der Waals surface area contributed by atoms with Crippen molar-refractivity contribution < 1.29 is 9.50 Å². The Morgan fingerprint density at radius 3 is 2.41 bits per heavy atom. The van der Waals surface area contributed by atoms with E-state index in [-0.39, 0.29) is 11.9 Å². The maximum absolute atomic E-state index is 12.7. The first kappa shape index (κ1) is 14.1. The van der Waals surface area contributed by atoms with Gasteiger partial charge in [-0.05, 0) is 44.0 Å². The van der Waals surface area contributed by atoms with E-state index in [1.54, 1.807) is 0 Å². The lowest BCUT2D eigenvalue weighted by molar-refractivity contribution is 0.282. The molecule has 1 unspecified atom stereocenters. The molecule has 0 spiro atoms. The van der Waals surface area contributed by atoms with E-state index in [0.717, 1.165) is 37.8 Å². The van der Waals surface area contributed by atoms with Gasteiger partial charge in [-0.25, -0.2) is 4.39 Å². The van der Waals surface area contributed by atoms with Crippen LogP contribution in [-0.4, -0.2) is 18.3 Å². The highest BCUT2D eigenvalue weighted by atomic mass is 19.1. The fourth-order valence-electron chi connectivity index (χ4n) is 1.78. The summed E-state index contributed by atoms with van der Waals surface area (Å²) >= 11 is 0. The molecule has 0 saturated carbocycles. The molecule has 0 aliphatic carbocycles. The van der Waals surface area contributed by atoms with E-state index in [4.69, 9.17) is 5.11 Å². The van der Waals surface area contributed by atoms with Crippen LogP contribution in [0, 0.1) is 5.82 Å². The van der Waals surface area contributed by atoms with E-state index in [0.29, 0.717) is 6.61 Å². The normalized spacial score (nSPS) is 12.6. The summed E-state index contributed by atoms with van der Waals surface area (Å²) in [6, 6.07) is 6.88. The Morgan fingerprint density at radius 1 is 1.12 bits per heavy atom. The summed E-state index contributed by atoms with van der Waals surface area (Å²) in [5.41, 5.74) is 1.11. The number of unbranched alkanes of at least 4 members (excludes halogenated alkanes) is 3. The summed E-state index contributed by atoms with van der Waals surface area (Å²) in [5.74, 6) is -0.190. The molecule has 0 radical (unpaired) electrons. The van der Waals surface area contributed by atoms with Gasteiger partial charge in [0.15, 0.2) is 0 Å². The van der Waals surface area contributed by atoms with Crippen LogP contribution in [-0.2, 0) is 0 Å². The third kappa shape index (κ3) is 5.80. The Kier molecular flexibility index (Phi) is 6.82. The lowest BCUT2D eigenvalue weighted by Crippen LogP contribution is -2.19. The van der Waals surface area contributed by atoms with E-state index in [1.165, 1.54) is 12.1 Å². The second-order valence-corrected chi connectivity index (χ2v) is 4.37. The van der Waals surface area contributed by atoms with Gasteiger partial charge >= 0.3 is 0 Å². The molecule has 0 saturated heterocycles. The summed E-state index contributed by atoms with van der Waals surface area (Å²) in [4.78, 5) is 0. The van der Waals surface area contributed by atoms with E-state index in [1.807, 2.05) is 12.1 Å². The number of rotatable bonds is 8. The molecule has 0 aliphatic heterocycles. The number of benzene rings is 1. The van der Waals surface area contributed by atoms with Crippen molar-refractivity contribution >= 4 is 0 Å². The Bertz CT molecular complexity index is 300. The van der Waals surface area contributed by atoms with Gasteiger partial charge in [0.2, 0.25) is 0 Å². The minimum absolute atomic E-state index is 0.190. The third-order valence-corrected chi connectivity index (χ3v) is 2.91. The van der Waals surface area contributed by atoms with E-state index < -0.39 is 0 Å². The number of aliphatic hydroxyl groups excluding tert-OH is 1. The molecule has 1 aromatic rings. The molecule has 96 valence electrons. The van der Waals surface area contributed by atoms with Crippen molar-refractivity contribution in [1.82, 2.24) is 5.32 Å². The molecule has 3 heteroatoms. The maximum Gasteiger partial charge on any atom is 0.123 e. The molecule has 0 aliphatic rings. The first-order valence-corrected chi connectivity index (χ1v) is 6.33. The predicted molar refractivity (Wildman–Crippen MR) is 68.4 cm³/mol. The molecule has 1 aromatic carbocycles. The van der Waals surface area contributed by atoms with E-state index in [2.05, 4.69) is 12.2 Å². The average Bonchev–Trinajstić information content (AvgIpc) is 2.34. The van der Waals surface area contributed by atoms with Gasteiger partial charge in [-0.2, -0.15) is 0 Å². The van der Waals surface area contributed by atoms with Gasteiger partial charge in [0.25, 0.3) is 0 Å². The minimum atomic E-state index is -0.190. The SMILES string of the molecule is CC(NCCCCCCO)c1ccc(F)cc1. The molecule has 1 rings (SSSR count). The molecule has 0 amide bonds. The van der Waals surface area contributed by atoms with Gasteiger partial charge in [-0.3, -0.25) is 0 Å². The van der Waals surface area contributed by atoms with Crippen molar-refractivity contribution in [1.29, 1.82) is 0 Å². The van der Waals surface area contributed by atoms with Crippen molar-refractivity contribution in [3.05, 3.63) is 35.6 Å². The van der Waals surface area contributed by atoms with Crippen LogP contribution in [0.15, 0.2) is 24.3 Å². The molecule has 2 nitrogen and oxygen atoms in total. The summed E-state index contributed by atoms with van der Waals surface area (Å²) in [6.07, 6.45) is 4.24. The van der Waals surface area contributed by atoms with Crippen LogP contribution in [0.5, 0.6) is 0 Å². The highest BCUT2D eigenvalue weighted by Crippen LogP contribution is 2.12. The second-order valence-electron chi connectivity index (χ2n) is 4.37. The quantitative estimate of drug-likeness (QED) is 0.683. The molecule has 2 N–H and O–H groups in total. The van der Waals surface area contributed by atoms with Gasteiger partial charge < -0.3 is 10.4 Å². The first-order chi connectivity index (χ1) is 8.24. The van der Waals surface area contributed by atoms with Crippen LogP contribution in [0.25, 0.3) is 0 Å². The summed E-state index contributed by atoms with van der Waals surface area (Å²) in [5, 5.41) is 12.0. The molecule has 0 aromatic heterocycles. The smallest absolute Gasteiger partial charge is 0.123 e. The molecule has 0 heterocycles. The summed E-state index contributed by atoms with van der Waals surface area (Å²) in [6.45, 7) is 3.34. The van der Waals surface area contributed by atoms with Crippen molar-refractivity contribution in [3.63, 3.8) is 0 Å². The highest BCUT2D eigenvalue weighted by molar-refractivity contribution is 5.19. The maximum atomic E-state index is 12.7. The third-order valence-electron chi connectivity index (χ3n) is 2.91. The van der Waals surface area contributed by atoms with Crippen LogP contribution in [0.1, 0.15) is 44.2 Å². The fraction of sp³-hybridized carbons (Fsp3) is 0.571. The topological polar surface area (TPSA) is 32.3 Å². The Hall–Kier alpha value is -0.930. The number of nitrogens with one attached hydrogen (secondary N) is 1. The highest BCUT2D eigenvalue weighted by Gasteiger charge is 2.03. The van der Waals surface area contributed by atoms with E-state index in [9.17, 15) is 4.39 Å². The first-order valence-electron chi connectivity index (χ1n) is 6.33. The molecule has 0 bridgehead atoms. The molecule has 1 atom stereocenters. The van der Waals surface area contributed by atoms with Gasteiger partial charge in [0, 0.05) is 12.6 Å². The van der Waals surface area contributed by atoms with Gasteiger partial charge in [0.1, 0.15) is 5.82 Å². The van der Waals surface area contributed by atoms with Crippen LogP contribution < -0.4 is 5.32 Å². The number of aliphatic hydroxyl groups is 1. The van der Waals surface area contributed by atoms with Crippen molar-refractivity contribution in [2.24, 2.45) is 0 Å². The zero-order valence-electron chi connectivity index (χ0n) is 10.5. The Morgan fingerprint density at radius 2 is 1.76 bits per heavy atom. The van der Waals surface area contributed by atoms with Crippen molar-refractivity contribution in [2.45, 2.75) is 38.6 Å². The van der Waals surface area contributed by atoms with Gasteiger partial charge in [0.05, 0.1) is 0 Å². The molecule has 17 heavy (non-hydrogen) atoms. The molecular weight excluding hydrogens is 217 g/mol. The zero-order chi connectivity index (χ0) is 12.5. The number of halogens is 1. The average molecular weight is 239 g/mol. The number of hydrogen-bond donors (Lipinski definition) is 2. The Labute approximate surface area is 103 Å². The van der Waals surface area contributed by atoms with Gasteiger partial charge in [-0.15, -0.1) is 0 Å². The van der Waals surface area contributed by atoms with Crippen LogP contribution in [0.3, 0.4) is 0 Å². The van der Waals surface area contributed by atoms with Crippen LogP contribution in [0.2, 0.25) is 0 Å². The number of hydrogen-bond acceptors (Lipinski definition) is 2. The summed E-state index contributed by atoms with van der Waals surface area (Å²) in [7, 11) is 0. The second kappa shape index (κ2) is 8.20. The molecule has 0 fully saturated rings. The van der Waals surface area contributed by atoms with Crippen LogP contribution >= 0.6 is 0 Å².